The normalized spacial score (nSPS) is 11.2. The Hall–Kier alpha value is -2.74. The van der Waals surface area contributed by atoms with Gasteiger partial charge in [0.1, 0.15) is 14.1 Å². The van der Waals surface area contributed by atoms with Gasteiger partial charge in [-0.2, -0.15) is 0 Å². The lowest BCUT2D eigenvalue weighted by molar-refractivity contribution is -2.00. The van der Waals surface area contributed by atoms with Gasteiger partial charge in [0.25, 0.3) is 0 Å². The van der Waals surface area contributed by atoms with E-state index in [0.29, 0.717) is 0 Å². The molecule has 0 saturated carbocycles. The first kappa shape index (κ1) is 27.5. The molecular weight excluding hydrogens is 491 g/mol. The SMILES string of the molecule is C[n+]1cccc(-c2cccc3cccc(-c4cccc[n+]4C)c23)c1.[O-][Cl+3]([O-])([O-])[O-].[O-][Cl+3]([O-])([O-])[O-]. The summed E-state index contributed by atoms with van der Waals surface area (Å²) in [4.78, 5) is 0. The highest BCUT2D eigenvalue weighted by atomic mass is 35.7. The Morgan fingerprint density at radius 3 is 1.68 bits per heavy atom. The molecular formula is C22H20Cl2N2O8. The maximum absolute atomic E-state index is 8.49. The van der Waals surface area contributed by atoms with Crippen LogP contribution in [0, 0.1) is 20.5 Å². The third-order valence-corrected chi connectivity index (χ3v) is 4.49. The summed E-state index contributed by atoms with van der Waals surface area (Å²) in [6.07, 6.45) is 6.34. The standard InChI is InChI=1S/C22H20N2.2ClHO4/c1-23-14-7-10-18(16-23)19-11-5-8-17-9-6-12-20(22(17)19)21-13-3-4-15-24(21)2;2*2-1(3,4)5/h3-16H,1-2H3;2*(H,2,3,4,5)/q+2;;/p-2. The molecule has 0 saturated heterocycles. The highest BCUT2D eigenvalue weighted by Gasteiger charge is 2.16. The summed E-state index contributed by atoms with van der Waals surface area (Å²) in [5.41, 5.74) is 4.98. The van der Waals surface area contributed by atoms with Crippen LogP contribution >= 0.6 is 0 Å². The largest absolute Gasteiger partial charge is 0.222 e. The molecule has 0 atom stereocenters. The second kappa shape index (κ2) is 11.6. The van der Waals surface area contributed by atoms with Crippen LogP contribution in [0.25, 0.3) is 33.2 Å². The van der Waals surface area contributed by atoms with Gasteiger partial charge in [-0.15, -0.1) is 20.5 Å². The number of fused-ring (bicyclic) bond motifs is 1. The molecule has 0 fully saturated rings. The number of pyridine rings is 2. The zero-order valence-electron chi connectivity index (χ0n) is 18.0. The van der Waals surface area contributed by atoms with Gasteiger partial charge in [-0.1, -0.05) is 30.3 Å². The van der Waals surface area contributed by atoms with Crippen molar-refractivity contribution in [1.29, 1.82) is 0 Å². The quantitative estimate of drug-likeness (QED) is 0.238. The molecule has 10 nitrogen and oxygen atoms in total. The number of benzene rings is 2. The predicted octanol–water partition coefficient (Wildman–Crippen LogP) is -5.69. The summed E-state index contributed by atoms with van der Waals surface area (Å²) in [6, 6.07) is 23.7. The summed E-state index contributed by atoms with van der Waals surface area (Å²) in [7, 11) is -5.73. The number of halogens is 2. The fourth-order valence-electron chi connectivity index (χ4n) is 3.35. The number of hydrogen-bond acceptors (Lipinski definition) is 8. The fourth-order valence-corrected chi connectivity index (χ4v) is 3.35. The molecule has 34 heavy (non-hydrogen) atoms. The van der Waals surface area contributed by atoms with Crippen LogP contribution in [0.4, 0.5) is 0 Å². The molecule has 0 aliphatic heterocycles. The summed E-state index contributed by atoms with van der Waals surface area (Å²) in [5, 5.41) is 2.56. The summed E-state index contributed by atoms with van der Waals surface area (Å²) >= 11 is 0. The second-order valence-corrected chi connectivity index (χ2v) is 8.43. The molecule has 0 amide bonds. The molecule has 0 N–H and O–H groups in total. The van der Waals surface area contributed by atoms with Crippen molar-refractivity contribution in [3.05, 3.63) is 85.3 Å². The van der Waals surface area contributed by atoms with E-state index in [-0.39, 0.29) is 0 Å². The molecule has 180 valence electrons. The second-order valence-electron chi connectivity index (χ2n) is 6.92. The number of aromatic nitrogens is 2. The van der Waals surface area contributed by atoms with Gasteiger partial charge in [0.15, 0.2) is 18.6 Å². The van der Waals surface area contributed by atoms with Gasteiger partial charge in [0, 0.05) is 29.1 Å². The predicted molar refractivity (Wildman–Crippen MR) is 97.2 cm³/mol. The zero-order valence-corrected chi connectivity index (χ0v) is 19.5. The minimum atomic E-state index is -4.94. The molecule has 2 heterocycles. The Morgan fingerprint density at radius 1 is 0.588 bits per heavy atom. The highest BCUT2D eigenvalue weighted by Crippen LogP contribution is 2.34. The van der Waals surface area contributed by atoms with E-state index < -0.39 is 20.5 Å². The minimum absolute atomic E-state index is 1.22. The van der Waals surface area contributed by atoms with Gasteiger partial charge < -0.3 is 0 Å². The van der Waals surface area contributed by atoms with Gasteiger partial charge >= 0.3 is 0 Å². The molecule has 0 unspecified atom stereocenters. The molecule has 0 radical (unpaired) electrons. The van der Waals surface area contributed by atoms with Crippen molar-refractivity contribution < 1.29 is 66.9 Å². The van der Waals surface area contributed by atoms with Gasteiger partial charge in [-0.3, -0.25) is 0 Å². The van der Waals surface area contributed by atoms with Crippen LogP contribution in [0.3, 0.4) is 0 Å². The molecule has 2 aromatic heterocycles. The van der Waals surface area contributed by atoms with Crippen molar-refractivity contribution in [2.24, 2.45) is 14.1 Å². The fraction of sp³-hybridized carbons (Fsp3) is 0.0909. The maximum Gasteiger partial charge on any atom is 0.212 e. The van der Waals surface area contributed by atoms with Crippen molar-refractivity contribution in [3.63, 3.8) is 0 Å². The molecule has 2 aromatic carbocycles. The molecule has 4 aromatic rings. The average Bonchev–Trinajstić information content (AvgIpc) is 2.71. The van der Waals surface area contributed by atoms with Crippen molar-refractivity contribution in [2.45, 2.75) is 0 Å². The van der Waals surface area contributed by atoms with Gasteiger partial charge in [0.2, 0.25) is 5.69 Å². The van der Waals surface area contributed by atoms with Crippen LogP contribution in [0.5, 0.6) is 0 Å². The van der Waals surface area contributed by atoms with Crippen molar-refractivity contribution in [3.8, 4) is 22.4 Å². The molecule has 0 aliphatic rings. The molecule has 4 rings (SSSR count). The Balaban J connectivity index is 0.000000347. The van der Waals surface area contributed by atoms with Crippen LogP contribution in [-0.2, 0) is 14.1 Å². The van der Waals surface area contributed by atoms with Crippen molar-refractivity contribution in [1.82, 2.24) is 0 Å². The van der Waals surface area contributed by atoms with E-state index in [9.17, 15) is 0 Å². The van der Waals surface area contributed by atoms with Crippen LogP contribution in [0.2, 0.25) is 0 Å². The van der Waals surface area contributed by atoms with Crippen molar-refractivity contribution >= 4 is 10.8 Å². The summed E-state index contributed by atoms with van der Waals surface area (Å²) in [6.45, 7) is 0. The van der Waals surface area contributed by atoms with E-state index >= 15 is 0 Å². The molecule has 0 spiro atoms. The van der Waals surface area contributed by atoms with Crippen molar-refractivity contribution in [2.75, 3.05) is 0 Å². The first-order valence-corrected chi connectivity index (χ1v) is 11.9. The van der Waals surface area contributed by atoms with Crippen LogP contribution in [-0.4, -0.2) is 0 Å². The monoisotopic (exact) mass is 510 g/mol. The number of nitrogens with zero attached hydrogens (tertiary/aromatic N) is 2. The van der Waals surface area contributed by atoms with E-state index in [0.717, 1.165) is 0 Å². The third-order valence-electron chi connectivity index (χ3n) is 4.49. The Kier molecular flexibility index (Phi) is 9.38. The first-order valence-electron chi connectivity index (χ1n) is 9.40. The van der Waals surface area contributed by atoms with Gasteiger partial charge in [-0.05, 0) is 29.1 Å². The van der Waals surface area contributed by atoms with E-state index in [1.54, 1.807) is 0 Å². The van der Waals surface area contributed by atoms with E-state index in [1.807, 2.05) is 0 Å². The smallest absolute Gasteiger partial charge is 0.212 e. The average molecular weight is 511 g/mol. The Labute approximate surface area is 199 Å². The van der Waals surface area contributed by atoms with Crippen LogP contribution in [0.1, 0.15) is 0 Å². The van der Waals surface area contributed by atoms with Gasteiger partial charge in [0.05, 0.1) is 5.56 Å². The minimum Gasteiger partial charge on any atom is -0.222 e. The third kappa shape index (κ3) is 9.25. The Morgan fingerprint density at radius 2 is 1.15 bits per heavy atom. The molecule has 0 aliphatic carbocycles. The van der Waals surface area contributed by atoms with Crippen LogP contribution in [0.15, 0.2) is 85.3 Å². The van der Waals surface area contributed by atoms with E-state index in [2.05, 4.69) is 109 Å². The lowest BCUT2D eigenvalue weighted by Gasteiger charge is -2.17. The maximum atomic E-state index is 8.49. The lowest BCUT2D eigenvalue weighted by Crippen LogP contribution is -2.68. The molecule has 0 bridgehead atoms. The number of aryl methyl sites for hydroxylation is 2. The number of hydrogen-bond donors (Lipinski definition) is 0. The highest BCUT2D eigenvalue weighted by molar-refractivity contribution is 6.05. The van der Waals surface area contributed by atoms with E-state index in [1.165, 1.54) is 33.2 Å². The topological polar surface area (TPSA) is 192 Å². The summed E-state index contributed by atoms with van der Waals surface area (Å²) < 4.78 is 72.2. The summed E-state index contributed by atoms with van der Waals surface area (Å²) in [5.74, 6) is 0. The Bertz CT molecular complexity index is 1210. The first-order chi connectivity index (χ1) is 15.7. The zero-order chi connectivity index (χ0) is 25.5. The van der Waals surface area contributed by atoms with E-state index in [4.69, 9.17) is 37.3 Å². The van der Waals surface area contributed by atoms with Gasteiger partial charge in [-0.25, -0.2) is 46.4 Å². The molecule has 12 heteroatoms. The number of rotatable bonds is 2. The van der Waals surface area contributed by atoms with Crippen LogP contribution < -0.4 is 46.4 Å². The lowest BCUT2D eigenvalue weighted by atomic mass is 9.93.